The maximum atomic E-state index is 10.9. The molecule has 304 valence electrons. The summed E-state index contributed by atoms with van der Waals surface area (Å²) in [5.41, 5.74) is 0. The molecule has 0 aliphatic carbocycles. The van der Waals surface area contributed by atoms with Crippen molar-refractivity contribution >= 4 is 44.6 Å². The van der Waals surface area contributed by atoms with Crippen LogP contribution in [0.3, 0.4) is 0 Å². The third kappa shape index (κ3) is 60.4. The number of phenols is 1. The van der Waals surface area contributed by atoms with Gasteiger partial charge in [-0.2, -0.15) is 0 Å². The van der Waals surface area contributed by atoms with Crippen LogP contribution in [-0.2, 0) is 39.4 Å². The van der Waals surface area contributed by atoms with Crippen molar-refractivity contribution in [3.05, 3.63) is 91.0 Å². The van der Waals surface area contributed by atoms with Crippen LogP contribution in [0.1, 0.15) is 54.9 Å². The van der Waals surface area contributed by atoms with Crippen LogP contribution in [-0.4, -0.2) is 102 Å². The maximum Gasteiger partial charge on any atom is 0.344 e. The molecule has 3 N–H and O–H groups in total. The van der Waals surface area contributed by atoms with Crippen LogP contribution in [0.4, 0.5) is 0 Å². The van der Waals surface area contributed by atoms with E-state index in [0.717, 1.165) is 0 Å². The molecule has 14 heteroatoms. The molecule has 0 radical (unpaired) electrons. The molecule has 3 aromatic rings. The van der Waals surface area contributed by atoms with Crippen LogP contribution in [0.2, 0.25) is 0 Å². The number of hydrogen-bond acceptors (Lipinski definition) is 12. The summed E-state index contributed by atoms with van der Waals surface area (Å²) in [5.74, 6) is 0.786. The number of esters is 3. The van der Waals surface area contributed by atoms with Crippen LogP contribution in [0.15, 0.2) is 91.0 Å². The molecule has 0 unspecified atom stereocenters. The Hall–Kier alpha value is -3.98. The Morgan fingerprint density at radius 3 is 1.00 bits per heavy atom. The summed E-state index contributed by atoms with van der Waals surface area (Å²) in [6.45, 7) is 14.6. The Bertz CT molecular complexity index is 1120. The minimum atomic E-state index is -0.611. The van der Waals surface area contributed by atoms with Crippen LogP contribution < -0.4 is 9.47 Å². The van der Waals surface area contributed by atoms with Crippen molar-refractivity contribution in [3.8, 4) is 17.2 Å². The monoisotopic (exact) mass is 834 g/mol. The number of hydrogen-bond donors (Lipinski definition) is 3. The first kappa shape index (κ1) is 58.3. The van der Waals surface area contributed by atoms with Gasteiger partial charge in [-0.15, -0.1) is 0 Å². The highest BCUT2D eigenvalue weighted by Gasteiger charge is 2.02. The maximum absolute atomic E-state index is 10.9. The molecule has 0 aromatic heterocycles. The molecule has 3 aromatic carbocycles. The Morgan fingerprint density at radius 1 is 0.566 bits per heavy atom. The Balaban J connectivity index is -0.000000178. The Kier molecular flexibility index (Phi) is 55.2. The van der Waals surface area contributed by atoms with Gasteiger partial charge >= 0.3 is 17.9 Å². The number of carbonyl (C=O) groups is 3. The van der Waals surface area contributed by atoms with E-state index < -0.39 is 10.8 Å². The summed E-state index contributed by atoms with van der Waals surface area (Å²) in [6.07, 6.45) is 4.53. The highest BCUT2D eigenvalue weighted by atomic mass is 79.9. The second kappa shape index (κ2) is 50.1. The van der Waals surface area contributed by atoms with Crippen molar-refractivity contribution in [1.82, 2.24) is 0 Å². The van der Waals surface area contributed by atoms with Gasteiger partial charge in [-0.05, 0) is 71.0 Å². The van der Waals surface area contributed by atoms with Gasteiger partial charge in [-0.25, -0.2) is 9.59 Å². The van der Waals surface area contributed by atoms with Crippen molar-refractivity contribution in [2.75, 3.05) is 64.1 Å². The van der Waals surface area contributed by atoms with Crippen LogP contribution in [0.25, 0.3) is 0 Å². The summed E-state index contributed by atoms with van der Waals surface area (Å²) >= 11 is 2.94. The molecule has 0 fully saturated rings. The van der Waals surface area contributed by atoms with Gasteiger partial charge in [0.25, 0.3) is 0 Å². The molecular formula is C39H63BrO12S. The van der Waals surface area contributed by atoms with Crippen molar-refractivity contribution in [2.45, 2.75) is 54.9 Å². The summed E-state index contributed by atoms with van der Waals surface area (Å²) < 4.78 is 33.8. The number of benzene rings is 3. The fourth-order valence-electron chi connectivity index (χ4n) is 2.35. The summed E-state index contributed by atoms with van der Waals surface area (Å²) in [7, 11) is -0.611. The lowest BCUT2D eigenvalue weighted by Crippen LogP contribution is -2.14. The SMILES string of the molecule is CCC.CCO.CCO.CCOC(=O)CBr.CCOC(=O)COc1ccccc1.CCOC(=O)COc1ccccc1.CS(C)=O.Oc1ccccc1. The standard InChI is InChI=1S/2C10H12O3.C6H6O.C4H7BrO2.C3H8.C2H6OS.2C2H6O/c2*1-2-12-10(11)8-13-9-6-4-3-5-7-9;7-6-4-2-1-3-5-6;1-2-7-4(6)3-5;1-3-2;1-4(2)3;2*1-2-3/h2*3-7H,2,8H2,1H3;1-5,7H;2-3H2,1H3;3H2,1-2H3;1-2H3;2*3H,2H2,1H3. The van der Waals surface area contributed by atoms with Crippen molar-refractivity contribution in [3.63, 3.8) is 0 Å². The van der Waals surface area contributed by atoms with E-state index in [9.17, 15) is 18.6 Å². The minimum Gasteiger partial charge on any atom is -0.508 e. The first-order valence-corrected chi connectivity index (χ1v) is 20.0. The second-order valence-electron chi connectivity index (χ2n) is 9.17. The molecule has 0 atom stereocenters. The number of aliphatic hydroxyl groups is 2. The second-order valence-corrected chi connectivity index (χ2v) is 11.2. The number of alkyl halides is 1. The normalized spacial score (nSPS) is 8.47. The zero-order valence-corrected chi connectivity index (χ0v) is 35.2. The number of carbonyl (C=O) groups excluding carboxylic acids is 3. The summed E-state index contributed by atoms with van der Waals surface area (Å²) in [5, 5.41) is 24.1. The number of aliphatic hydroxyl groups excluding tert-OH is 2. The Morgan fingerprint density at radius 2 is 0.811 bits per heavy atom. The Labute approximate surface area is 328 Å². The van der Waals surface area contributed by atoms with Gasteiger partial charge in [0.05, 0.1) is 19.8 Å². The number of ether oxygens (including phenoxy) is 5. The minimum absolute atomic E-state index is 0.0299. The number of aromatic hydroxyl groups is 1. The molecule has 53 heavy (non-hydrogen) atoms. The lowest BCUT2D eigenvalue weighted by Gasteiger charge is -2.04. The van der Waals surface area contributed by atoms with E-state index in [1.54, 1.807) is 95.7 Å². The highest BCUT2D eigenvalue weighted by molar-refractivity contribution is 9.09. The topological polar surface area (TPSA) is 175 Å². The predicted octanol–water partition coefficient (Wildman–Crippen LogP) is 7.00. The average Bonchev–Trinajstić information content (AvgIpc) is 3.13. The van der Waals surface area contributed by atoms with E-state index in [2.05, 4.69) is 34.5 Å². The van der Waals surface area contributed by atoms with Crippen molar-refractivity contribution in [2.24, 2.45) is 0 Å². The van der Waals surface area contributed by atoms with Crippen molar-refractivity contribution in [1.29, 1.82) is 0 Å². The van der Waals surface area contributed by atoms with Crippen LogP contribution in [0, 0.1) is 0 Å². The molecule has 3 rings (SSSR count). The lowest BCUT2D eigenvalue weighted by atomic mass is 10.3. The van der Waals surface area contributed by atoms with Gasteiger partial charge in [0.2, 0.25) is 0 Å². The molecule has 0 amide bonds. The highest BCUT2D eigenvalue weighted by Crippen LogP contribution is 2.08. The van der Waals surface area contributed by atoms with E-state index in [4.69, 9.17) is 34.3 Å². The average molecular weight is 836 g/mol. The first-order valence-electron chi connectivity index (χ1n) is 16.9. The van der Waals surface area contributed by atoms with E-state index in [1.165, 1.54) is 6.42 Å². The lowest BCUT2D eigenvalue weighted by molar-refractivity contribution is -0.146. The largest absolute Gasteiger partial charge is 0.508 e. The molecular weight excluding hydrogens is 772 g/mol. The molecule has 12 nitrogen and oxygen atoms in total. The van der Waals surface area contributed by atoms with Crippen molar-refractivity contribution < 1.29 is 57.6 Å². The number of para-hydroxylation sites is 3. The smallest absolute Gasteiger partial charge is 0.344 e. The first-order chi connectivity index (χ1) is 25.3. The molecule has 0 aliphatic rings. The third-order valence-corrected chi connectivity index (χ3v) is 4.44. The molecule has 0 saturated heterocycles. The van der Waals surface area contributed by atoms with E-state index in [-0.39, 0.29) is 44.3 Å². The number of halogens is 1. The van der Waals surface area contributed by atoms with Gasteiger partial charge in [-0.3, -0.25) is 9.00 Å². The van der Waals surface area contributed by atoms with Gasteiger partial charge in [-0.1, -0.05) is 90.8 Å². The van der Waals surface area contributed by atoms with E-state index in [0.29, 0.717) is 42.4 Å². The quantitative estimate of drug-likeness (QED) is 0.109. The number of rotatable bonds is 10. The summed E-state index contributed by atoms with van der Waals surface area (Å²) in [4.78, 5) is 31.9. The van der Waals surface area contributed by atoms with Gasteiger partial charge in [0.1, 0.15) is 22.6 Å². The molecule has 0 spiro atoms. The van der Waals surface area contributed by atoms with Gasteiger partial charge in [0.15, 0.2) is 13.2 Å². The van der Waals surface area contributed by atoms with Gasteiger partial charge in [0, 0.05) is 36.5 Å². The zero-order valence-electron chi connectivity index (χ0n) is 32.8. The molecule has 0 heterocycles. The van der Waals surface area contributed by atoms with Crippen LogP contribution in [0.5, 0.6) is 17.2 Å². The fraction of sp³-hybridized carbons (Fsp3) is 0.462. The fourth-order valence-corrected chi connectivity index (χ4v) is 2.51. The zero-order chi connectivity index (χ0) is 41.5. The summed E-state index contributed by atoms with van der Waals surface area (Å²) in [6, 6.07) is 27.0. The van der Waals surface area contributed by atoms with E-state index in [1.807, 2.05) is 42.5 Å². The number of phenolic OH excluding ortho intramolecular Hbond substituents is 1. The molecule has 0 saturated carbocycles. The van der Waals surface area contributed by atoms with Crippen LogP contribution >= 0.6 is 15.9 Å². The molecule has 0 bridgehead atoms. The third-order valence-electron chi connectivity index (χ3n) is 3.98. The van der Waals surface area contributed by atoms with E-state index >= 15 is 0 Å². The van der Waals surface area contributed by atoms with Gasteiger partial charge < -0.3 is 39.0 Å². The molecule has 0 aliphatic heterocycles. The predicted molar refractivity (Wildman–Crippen MR) is 217 cm³/mol.